The Bertz CT molecular complexity index is 1720. The first kappa shape index (κ1) is 17.5. The molecule has 0 atom stereocenters. The van der Waals surface area contributed by atoms with E-state index in [4.69, 9.17) is 4.98 Å². The average Bonchev–Trinajstić information content (AvgIpc) is 3.18. The van der Waals surface area contributed by atoms with Gasteiger partial charge >= 0.3 is 0 Å². The van der Waals surface area contributed by atoms with Gasteiger partial charge < -0.3 is 5.11 Å². The van der Waals surface area contributed by atoms with E-state index >= 15 is 0 Å². The third-order valence-electron chi connectivity index (χ3n) is 5.65. The fourth-order valence-electron chi connectivity index (χ4n) is 4.17. The largest absolute Gasteiger partial charge is 0.506 e. The van der Waals surface area contributed by atoms with E-state index in [2.05, 4.69) is 10.2 Å². The van der Waals surface area contributed by atoms with Crippen molar-refractivity contribution in [1.82, 2.24) is 9.38 Å². The zero-order valence-electron chi connectivity index (χ0n) is 16.6. The highest BCUT2D eigenvalue weighted by Gasteiger charge is 2.19. The van der Waals surface area contributed by atoms with Gasteiger partial charge in [-0.05, 0) is 37.3 Å². The molecule has 0 aliphatic heterocycles. The summed E-state index contributed by atoms with van der Waals surface area (Å²) in [6.07, 6.45) is 0. The Morgan fingerprint density at radius 1 is 0.871 bits per heavy atom. The summed E-state index contributed by atoms with van der Waals surface area (Å²) in [7, 11) is 0. The first-order valence-electron chi connectivity index (χ1n) is 9.91. The number of aromatic nitrogens is 2. The number of imidazole rings is 1. The van der Waals surface area contributed by atoms with E-state index in [-0.39, 0.29) is 11.3 Å². The summed E-state index contributed by atoms with van der Waals surface area (Å²) >= 11 is 0. The summed E-state index contributed by atoms with van der Waals surface area (Å²) in [5.74, 6) is -0.0864. The second-order valence-corrected chi connectivity index (χ2v) is 7.62. The molecule has 2 heterocycles. The van der Waals surface area contributed by atoms with Gasteiger partial charge in [0.05, 0.1) is 22.1 Å². The van der Waals surface area contributed by atoms with Gasteiger partial charge in [-0.25, -0.2) is 4.98 Å². The zero-order chi connectivity index (χ0) is 21.1. The molecule has 0 aliphatic rings. The van der Waals surface area contributed by atoms with E-state index in [9.17, 15) is 9.90 Å². The Kier molecular flexibility index (Phi) is 3.58. The summed E-state index contributed by atoms with van der Waals surface area (Å²) in [6, 6.07) is 22.3. The monoisotopic (exact) mass is 404 g/mol. The fourth-order valence-corrected chi connectivity index (χ4v) is 4.17. The van der Waals surface area contributed by atoms with Crippen molar-refractivity contribution in [2.45, 2.75) is 6.92 Å². The van der Waals surface area contributed by atoms with Gasteiger partial charge in [0.2, 0.25) is 0 Å². The molecule has 0 amide bonds. The lowest BCUT2D eigenvalue weighted by molar-refractivity contribution is 0.477. The minimum absolute atomic E-state index is 0.0864. The Hall–Kier alpha value is -4.32. The molecule has 0 bridgehead atoms. The normalized spacial score (nSPS) is 12.2. The van der Waals surface area contributed by atoms with Crippen molar-refractivity contribution in [3.8, 4) is 5.75 Å². The van der Waals surface area contributed by atoms with Crippen molar-refractivity contribution in [2.75, 3.05) is 0 Å². The second-order valence-electron chi connectivity index (χ2n) is 7.62. The van der Waals surface area contributed by atoms with Crippen LogP contribution in [0.1, 0.15) is 5.56 Å². The summed E-state index contributed by atoms with van der Waals surface area (Å²) in [5, 5.41) is 22.0. The molecule has 0 spiro atoms. The van der Waals surface area contributed by atoms with Crippen LogP contribution in [0.4, 0.5) is 11.4 Å². The Morgan fingerprint density at radius 3 is 2.48 bits per heavy atom. The van der Waals surface area contributed by atoms with Gasteiger partial charge in [0, 0.05) is 16.2 Å². The third-order valence-corrected chi connectivity index (χ3v) is 5.65. The number of rotatable bonds is 2. The lowest BCUT2D eigenvalue weighted by Crippen LogP contribution is -2.13. The van der Waals surface area contributed by atoms with Gasteiger partial charge in [-0.15, -0.1) is 5.11 Å². The summed E-state index contributed by atoms with van der Waals surface area (Å²) in [4.78, 5) is 18.1. The molecule has 148 valence electrons. The standard InChI is InChI=1S/C25H16N4O2/c1-14-9-11-15(12-10-14)27-28-23-16-5-4-6-17-22(16)18(13-21(23)30)25(31)29-20-8-3-2-7-19(20)26-24(17)29/h2-13,30H,1H3. The highest BCUT2D eigenvalue weighted by Crippen LogP contribution is 2.41. The number of hydrogen-bond donors (Lipinski definition) is 1. The van der Waals surface area contributed by atoms with Crippen LogP contribution in [0, 0.1) is 6.92 Å². The number of aromatic hydroxyl groups is 1. The highest BCUT2D eigenvalue weighted by atomic mass is 16.3. The predicted molar refractivity (Wildman–Crippen MR) is 122 cm³/mol. The maximum atomic E-state index is 13.4. The Balaban J connectivity index is 1.70. The SMILES string of the molecule is Cc1ccc(N=Nc2c(O)cc3c(=O)n4c5ccccc5nc4c4cccc2c34)cc1. The number of nitrogens with zero attached hydrogens (tertiary/aromatic N) is 4. The zero-order valence-corrected chi connectivity index (χ0v) is 16.6. The molecule has 0 radical (unpaired) electrons. The number of phenolic OH excluding ortho intramolecular Hbond substituents is 1. The number of phenols is 1. The van der Waals surface area contributed by atoms with Crippen LogP contribution in [0.5, 0.6) is 5.75 Å². The Labute approximate surface area is 176 Å². The minimum atomic E-state index is -0.218. The molecule has 2 aromatic heterocycles. The first-order valence-corrected chi connectivity index (χ1v) is 9.91. The molecule has 0 aliphatic carbocycles. The molecular weight excluding hydrogens is 388 g/mol. The molecule has 4 aromatic carbocycles. The molecule has 6 heteroatoms. The van der Waals surface area contributed by atoms with Gasteiger partial charge in [0.1, 0.15) is 17.1 Å². The summed E-state index contributed by atoms with van der Waals surface area (Å²) in [5.41, 5.74) is 4.01. The van der Waals surface area contributed by atoms with Crippen molar-refractivity contribution >= 4 is 49.6 Å². The maximum absolute atomic E-state index is 13.4. The van der Waals surface area contributed by atoms with Gasteiger partial charge in [0.25, 0.3) is 5.56 Å². The molecule has 0 saturated heterocycles. The van der Waals surface area contributed by atoms with E-state index in [0.717, 1.165) is 27.4 Å². The first-order chi connectivity index (χ1) is 15.1. The van der Waals surface area contributed by atoms with Gasteiger partial charge in [-0.1, -0.05) is 48.0 Å². The second kappa shape index (κ2) is 6.34. The van der Waals surface area contributed by atoms with Crippen LogP contribution in [0.2, 0.25) is 0 Å². The van der Waals surface area contributed by atoms with Gasteiger partial charge in [-0.2, -0.15) is 5.11 Å². The molecule has 1 N–H and O–H groups in total. The molecule has 6 aromatic rings. The van der Waals surface area contributed by atoms with E-state index in [0.29, 0.717) is 27.8 Å². The average molecular weight is 404 g/mol. The smallest absolute Gasteiger partial charge is 0.264 e. The number of fused-ring (bicyclic) bond motifs is 4. The van der Waals surface area contributed by atoms with Crippen molar-refractivity contribution < 1.29 is 5.11 Å². The van der Waals surface area contributed by atoms with Crippen LogP contribution in [0.25, 0.3) is 38.2 Å². The minimum Gasteiger partial charge on any atom is -0.506 e. The molecule has 0 unspecified atom stereocenters. The number of azo groups is 1. The van der Waals surface area contributed by atoms with E-state index in [1.165, 1.54) is 6.07 Å². The van der Waals surface area contributed by atoms with Crippen LogP contribution < -0.4 is 5.56 Å². The number of aryl methyl sites for hydroxylation is 1. The molecule has 6 rings (SSSR count). The van der Waals surface area contributed by atoms with Gasteiger partial charge in [0.15, 0.2) is 0 Å². The molecule has 0 fully saturated rings. The third kappa shape index (κ3) is 2.51. The van der Waals surface area contributed by atoms with Crippen LogP contribution in [0.15, 0.2) is 87.8 Å². The van der Waals surface area contributed by atoms with E-state index in [1.54, 1.807) is 4.40 Å². The number of para-hydroxylation sites is 2. The summed E-state index contributed by atoms with van der Waals surface area (Å²) < 4.78 is 1.61. The molecule has 0 saturated carbocycles. The van der Waals surface area contributed by atoms with Crippen LogP contribution in [0.3, 0.4) is 0 Å². The van der Waals surface area contributed by atoms with E-state index < -0.39 is 0 Å². The van der Waals surface area contributed by atoms with Crippen LogP contribution >= 0.6 is 0 Å². The quantitative estimate of drug-likeness (QED) is 0.358. The maximum Gasteiger partial charge on any atom is 0.264 e. The molecular formula is C25H16N4O2. The van der Waals surface area contributed by atoms with Crippen molar-refractivity contribution in [2.24, 2.45) is 10.2 Å². The molecule has 6 nitrogen and oxygen atoms in total. The molecule has 31 heavy (non-hydrogen) atoms. The Morgan fingerprint density at radius 2 is 1.65 bits per heavy atom. The predicted octanol–water partition coefficient (Wildman–Crippen LogP) is 6.02. The van der Waals surface area contributed by atoms with E-state index in [1.807, 2.05) is 73.7 Å². The van der Waals surface area contributed by atoms with Crippen LogP contribution in [-0.2, 0) is 0 Å². The highest BCUT2D eigenvalue weighted by molar-refractivity contribution is 6.19. The number of hydrogen-bond acceptors (Lipinski definition) is 5. The summed E-state index contributed by atoms with van der Waals surface area (Å²) in [6.45, 7) is 2.00. The topological polar surface area (TPSA) is 79.3 Å². The van der Waals surface area contributed by atoms with Crippen LogP contribution in [-0.4, -0.2) is 14.5 Å². The number of benzene rings is 4. The van der Waals surface area contributed by atoms with Crippen molar-refractivity contribution in [3.63, 3.8) is 0 Å². The number of pyridine rings is 1. The lowest BCUT2D eigenvalue weighted by Gasteiger charge is -2.10. The lowest BCUT2D eigenvalue weighted by atomic mass is 10.0. The fraction of sp³-hybridized carbons (Fsp3) is 0.0400. The van der Waals surface area contributed by atoms with Crippen molar-refractivity contribution in [3.05, 3.63) is 88.7 Å². The van der Waals surface area contributed by atoms with Crippen molar-refractivity contribution in [1.29, 1.82) is 0 Å². The van der Waals surface area contributed by atoms with Gasteiger partial charge in [-0.3, -0.25) is 9.20 Å².